The molecule has 0 aromatic rings. The van der Waals surface area contributed by atoms with Gasteiger partial charge in [0.15, 0.2) is 0 Å². The smallest absolute Gasteiger partial charge is 0.104 e. The molecule has 2 aliphatic rings. The van der Waals surface area contributed by atoms with Crippen molar-refractivity contribution in [2.45, 2.75) is 31.7 Å². The summed E-state index contributed by atoms with van der Waals surface area (Å²) in [5, 5.41) is 0. The van der Waals surface area contributed by atoms with E-state index < -0.39 is 0 Å². The van der Waals surface area contributed by atoms with E-state index in [4.69, 9.17) is 7.85 Å². The summed E-state index contributed by atoms with van der Waals surface area (Å²) in [6, 6.07) is 0.673. The van der Waals surface area contributed by atoms with Gasteiger partial charge in [-0.05, 0) is 13.3 Å². The van der Waals surface area contributed by atoms with Crippen LogP contribution < -0.4 is 0 Å². The zero-order chi connectivity index (χ0) is 7.14. The summed E-state index contributed by atoms with van der Waals surface area (Å²) in [7, 11) is 5.66. The third-order valence-electron chi connectivity index (χ3n) is 2.35. The molecule has 3 heteroatoms. The van der Waals surface area contributed by atoms with Gasteiger partial charge in [0.05, 0.1) is 5.84 Å². The SMILES string of the molecule is [B]C1CN2C(=N1)CCC2C. The fraction of sp³-hybridized carbons (Fsp3) is 0.857. The minimum Gasteiger partial charge on any atom is -0.356 e. The highest BCUT2D eigenvalue weighted by Gasteiger charge is 2.30. The van der Waals surface area contributed by atoms with Gasteiger partial charge in [0.25, 0.3) is 0 Å². The first kappa shape index (κ1) is 6.26. The van der Waals surface area contributed by atoms with Crippen LogP contribution in [0.3, 0.4) is 0 Å². The number of hydrogen-bond donors (Lipinski definition) is 0. The normalized spacial score (nSPS) is 38.1. The van der Waals surface area contributed by atoms with Gasteiger partial charge in [-0.1, -0.05) is 0 Å². The molecule has 1 saturated heterocycles. The highest BCUT2D eigenvalue weighted by atomic mass is 15.3. The monoisotopic (exact) mass is 134 g/mol. The Morgan fingerprint density at radius 3 is 3.20 bits per heavy atom. The van der Waals surface area contributed by atoms with E-state index in [0.29, 0.717) is 6.04 Å². The first-order valence-electron chi connectivity index (χ1n) is 3.86. The van der Waals surface area contributed by atoms with Crippen LogP contribution in [0.15, 0.2) is 4.99 Å². The van der Waals surface area contributed by atoms with Crippen LogP contribution in [0.4, 0.5) is 0 Å². The van der Waals surface area contributed by atoms with Crippen LogP contribution in [-0.2, 0) is 0 Å². The summed E-state index contributed by atoms with van der Waals surface area (Å²) in [5.74, 6) is 1.29. The summed E-state index contributed by atoms with van der Waals surface area (Å²) in [6.07, 6.45) is 2.39. The molecule has 2 unspecified atom stereocenters. The van der Waals surface area contributed by atoms with E-state index in [9.17, 15) is 0 Å². The quantitative estimate of drug-likeness (QED) is 0.437. The molecule has 0 saturated carbocycles. The zero-order valence-electron chi connectivity index (χ0n) is 6.25. The van der Waals surface area contributed by atoms with Gasteiger partial charge in [-0.3, -0.25) is 4.99 Å². The van der Waals surface area contributed by atoms with E-state index in [1.807, 2.05) is 0 Å². The Balaban J connectivity index is 2.18. The third-order valence-corrected chi connectivity index (χ3v) is 2.35. The van der Waals surface area contributed by atoms with Gasteiger partial charge in [-0.25, -0.2) is 0 Å². The fourth-order valence-electron chi connectivity index (χ4n) is 1.75. The predicted molar refractivity (Wildman–Crippen MR) is 42.4 cm³/mol. The van der Waals surface area contributed by atoms with Crippen molar-refractivity contribution >= 4 is 13.7 Å². The number of hydrogen-bond acceptors (Lipinski definition) is 2. The van der Waals surface area contributed by atoms with Crippen LogP contribution in [-0.4, -0.2) is 37.1 Å². The Labute approximate surface area is 62.7 Å². The van der Waals surface area contributed by atoms with E-state index in [-0.39, 0.29) is 5.94 Å². The molecule has 2 nitrogen and oxygen atoms in total. The minimum absolute atomic E-state index is 0.0535. The molecule has 0 amide bonds. The van der Waals surface area contributed by atoms with Gasteiger partial charge >= 0.3 is 0 Å². The Hall–Kier alpha value is -0.465. The number of fused-ring (bicyclic) bond motifs is 1. The molecule has 2 rings (SSSR count). The topological polar surface area (TPSA) is 15.6 Å². The van der Waals surface area contributed by atoms with Crippen LogP contribution in [0.2, 0.25) is 0 Å². The second kappa shape index (κ2) is 2.01. The highest BCUT2D eigenvalue weighted by molar-refractivity contribution is 6.14. The Kier molecular flexibility index (Phi) is 1.26. The molecule has 0 aliphatic carbocycles. The molecule has 0 aromatic carbocycles. The van der Waals surface area contributed by atoms with Crippen LogP contribution in [0.5, 0.6) is 0 Å². The third kappa shape index (κ3) is 0.763. The Morgan fingerprint density at radius 1 is 1.70 bits per heavy atom. The van der Waals surface area contributed by atoms with Crippen molar-refractivity contribution in [2.24, 2.45) is 4.99 Å². The van der Waals surface area contributed by atoms with Crippen molar-refractivity contribution in [3.63, 3.8) is 0 Å². The van der Waals surface area contributed by atoms with E-state index in [2.05, 4.69) is 16.8 Å². The van der Waals surface area contributed by atoms with Gasteiger partial charge in [0.1, 0.15) is 7.85 Å². The average molecular weight is 134 g/mol. The first-order chi connectivity index (χ1) is 4.77. The molecule has 0 N–H and O–H groups in total. The van der Waals surface area contributed by atoms with Crippen LogP contribution >= 0.6 is 0 Å². The molecule has 2 radical (unpaired) electrons. The van der Waals surface area contributed by atoms with Crippen LogP contribution in [0.1, 0.15) is 19.8 Å². The molecular weight excluding hydrogens is 123 g/mol. The van der Waals surface area contributed by atoms with Crippen molar-refractivity contribution in [3.05, 3.63) is 0 Å². The second-order valence-electron chi connectivity index (χ2n) is 3.15. The van der Waals surface area contributed by atoms with Gasteiger partial charge < -0.3 is 4.90 Å². The maximum atomic E-state index is 5.66. The molecule has 2 aliphatic heterocycles. The molecule has 0 spiro atoms. The first-order valence-corrected chi connectivity index (χ1v) is 3.86. The van der Waals surface area contributed by atoms with E-state index in [1.165, 1.54) is 12.3 Å². The molecule has 2 atom stereocenters. The molecule has 1 fully saturated rings. The van der Waals surface area contributed by atoms with Crippen molar-refractivity contribution < 1.29 is 0 Å². The number of aliphatic imine (C=N–C) groups is 1. The van der Waals surface area contributed by atoms with E-state index in [0.717, 1.165) is 13.0 Å². The summed E-state index contributed by atoms with van der Waals surface area (Å²) in [5.41, 5.74) is 0. The molecule has 52 valence electrons. The van der Waals surface area contributed by atoms with Crippen molar-refractivity contribution in [3.8, 4) is 0 Å². The summed E-state index contributed by atoms with van der Waals surface area (Å²) in [4.78, 5) is 6.65. The lowest BCUT2D eigenvalue weighted by molar-refractivity contribution is 0.377. The molecular formula is C7H11BN2. The lowest BCUT2D eigenvalue weighted by Crippen LogP contribution is -2.30. The van der Waals surface area contributed by atoms with Crippen LogP contribution in [0, 0.1) is 0 Å². The second-order valence-corrected chi connectivity index (χ2v) is 3.15. The number of rotatable bonds is 0. The molecule has 0 aromatic heterocycles. The van der Waals surface area contributed by atoms with E-state index in [1.54, 1.807) is 0 Å². The Bertz CT molecular complexity index is 178. The predicted octanol–water partition coefficient (Wildman–Crippen LogP) is 0.377. The van der Waals surface area contributed by atoms with Gasteiger partial charge in [-0.2, -0.15) is 0 Å². The maximum absolute atomic E-state index is 5.66. The van der Waals surface area contributed by atoms with Gasteiger partial charge in [0, 0.05) is 24.9 Å². The van der Waals surface area contributed by atoms with Crippen LogP contribution in [0.25, 0.3) is 0 Å². The molecule has 0 bridgehead atoms. The number of nitrogens with zero attached hydrogens (tertiary/aromatic N) is 2. The summed E-state index contributed by atoms with van der Waals surface area (Å²) < 4.78 is 0. The fourth-order valence-corrected chi connectivity index (χ4v) is 1.75. The summed E-state index contributed by atoms with van der Waals surface area (Å²) in [6.45, 7) is 3.18. The molecule has 2 heterocycles. The maximum Gasteiger partial charge on any atom is 0.104 e. The Morgan fingerprint density at radius 2 is 2.50 bits per heavy atom. The zero-order valence-corrected chi connectivity index (χ0v) is 6.25. The van der Waals surface area contributed by atoms with E-state index >= 15 is 0 Å². The standard InChI is InChI=1S/C7H11BN2/c1-5-2-3-7-9-6(8)4-10(5)7/h5-6H,2-4H2,1H3. The number of amidine groups is 1. The molecule has 10 heavy (non-hydrogen) atoms. The highest BCUT2D eigenvalue weighted by Crippen LogP contribution is 2.23. The summed E-state index contributed by atoms with van der Waals surface area (Å²) >= 11 is 0. The van der Waals surface area contributed by atoms with Gasteiger partial charge in [-0.15, -0.1) is 0 Å². The lowest BCUT2D eigenvalue weighted by atomic mass is 9.98. The average Bonchev–Trinajstić information content (AvgIpc) is 2.35. The van der Waals surface area contributed by atoms with Crippen molar-refractivity contribution in [1.82, 2.24) is 4.90 Å². The lowest BCUT2D eigenvalue weighted by Gasteiger charge is -2.18. The van der Waals surface area contributed by atoms with Crippen molar-refractivity contribution in [2.75, 3.05) is 6.54 Å². The minimum atomic E-state index is 0.0535. The van der Waals surface area contributed by atoms with Gasteiger partial charge in [0.2, 0.25) is 0 Å². The van der Waals surface area contributed by atoms with Crippen molar-refractivity contribution in [1.29, 1.82) is 0 Å². The largest absolute Gasteiger partial charge is 0.356 e.